The molecule has 1 saturated carbocycles. The van der Waals surface area contributed by atoms with Crippen molar-refractivity contribution in [2.75, 3.05) is 0 Å². The number of benzene rings is 4. The van der Waals surface area contributed by atoms with Crippen molar-refractivity contribution in [1.29, 1.82) is 0 Å². The van der Waals surface area contributed by atoms with Crippen molar-refractivity contribution >= 4 is 0 Å². The van der Waals surface area contributed by atoms with E-state index in [2.05, 4.69) is 62.4 Å². The lowest BCUT2D eigenvalue weighted by molar-refractivity contribution is 0.344. The fourth-order valence-electron chi connectivity index (χ4n) is 7.50. The highest BCUT2D eigenvalue weighted by atomic mass is 16.3. The number of aryl methyl sites for hydroxylation is 9. The normalized spacial score (nSPS) is 14.4. The Labute approximate surface area is 283 Å². The van der Waals surface area contributed by atoms with Crippen LogP contribution in [-0.4, -0.2) is 20.4 Å². The van der Waals surface area contributed by atoms with Crippen LogP contribution in [-0.2, 0) is 17.3 Å². The molecule has 1 aliphatic carbocycles. The van der Waals surface area contributed by atoms with Gasteiger partial charge in [-0.25, -0.2) is 0 Å². The van der Waals surface area contributed by atoms with Crippen LogP contribution < -0.4 is 0 Å². The van der Waals surface area contributed by atoms with Crippen LogP contribution in [0.2, 0.25) is 0 Å². The van der Waals surface area contributed by atoms with Gasteiger partial charge in [0, 0.05) is 5.41 Å². The lowest BCUT2D eigenvalue weighted by Gasteiger charge is -2.39. The van der Waals surface area contributed by atoms with E-state index in [1.807, 2.05) is 55.4 Å². The molecule has 0 bridgehead atoms. The molecule has 4 N–H and O–H groups in total. The minimum atomic E-state index is -0.00924. The van der Waals surface area contributed by atoms with Gasteiger partial charge in [-0.05, 0) is 153 Å². The highest BCUT2D eigenvalue weighted by Gasteiger charge is 2.37. The zero-order valence-corrected chi connectivity index (χ0v) is 30.4. The maximum atomic E-state index is 10.2. The Morgan fingerprint density at radius 1 is 0.489 bits per heavy atom. The molecule has 4 heteroatoms. The molecule has 0 unspecified atom stereocenters. The lowest BCUT2D eigenvalue weighted by Crippen LogP contribution is -2.31. The molecule has 47 heavy (non-hydrogen) atoms. The molecule has 0 amide bonds. The van der Waals surface area contributed by atoms with Gasteiger partial charge in [0.15, 0.2) is 0 Å². The maximum absolute atomic E-state index is 10.2. The first-order chi connectivity index (χ1) is 22.0. The first-order valence-corrected chi connectivity index (χ1v) is 17.2. The molecule has 0 saturated heterocycles. The minimum absolute atomic E-state index is 0.00924. The first-order valence-electron chi connectivity index (χ1n) is 17.2. The summed E-state index contributed by atoms with van der Waals surface area (Å²) in [7, 11) is 0. The topological polar surface area (TPSA) is 80.9 Å². The number of hydrogen-bond donors (Lipinski definition) is 4. The number of phenols is 4. The van der Waals surface area contributed by atoms with Crippen molar-refractivity contribution in [2.45, 2.75) is 125 Å². The SMILES string of the molecule is Cc1cc(C2(c3cc(C)c(O)c(C)c3)CCCCC2)cc(C)c1O.Cc1cc(CCC(C)(C)c2cc(C)c(O)c(C)c2)cc(C)c1O. The summed E-state index contributed by atoms with van der Waals surface area (Å²) in [6.45, 7) is 20.2. The van der Waals surface area contributed by atoms with Gasteiger partial charge in [-0.1, -0.05) is 81.6 Å². The fourth-order valence-corrected chi connectivity index (χ4v) is 7.50. The highest BCUT2D eigenvalue weighted by molar-refractivity contribution is 5.52. The van der Waals surface area contributed by atoms with Gasteiger partial charge in [-0.3, -0.25) is 0 Å². The molecule has 4 nitrogen and oxygen atoms in total. The van der Waals surface area contributed by atoms with E-state index < -0.39 is 0 Å². The van der Waals surface area contributed by atoms with Crippen molar-refractivity contribution in [3.05, 3.63) is 115 Å². The zero-order valence-electron chi connectivity index (χ0n) is 30.4. The van der Waals surface area contributed by atoms with Crippen LogP contribution in [0, 0.1) is 55.4 Å². The van der Waals surface area contributed by atoms with Crippen LogP contribution in [0.25, 0.3) is 0 Å². The maximum Gasteiger partial charge on any atom is 0.121 e. The average Bonchev–Trinajstić information content (AvgIpc) is 3.02. The van der Waals surface area contributed by atoms with E-state index in [-0.39, 0.29) is 10.8 Å². The van der Waals surface area contributed by atoms with Gasteiger partial charge >= 0.3 is 0 Å². The third-order valence-electron chi connectivity index (χ3n) is 10.7. The van der Waals surface area contributed by atoms with Crippen LogP contribution in [0.15, 0.2) is 48.5 Å². The van der Waals surface area contributed by atoms with Gasteiger partial charge in [-0.15, -0.1) is 0 Å². The average molecular weight is 637 g/mol. The minimum Gasteiger partial charge on any atom is -0.507 e. The number of hydrogen-bond acceptors (Lipinski definition) is 4. The Morgan fingerprint density at radius 2 is 0.809 bits per heavy atom. The van der Waals surface area contributed by atoms with E-state index in [0.29, 0.717) is 23.0 Å². The van der Waals surface area contributed by atoms with E-state index in [4.69, 9.17) is 0 Å². The predicted octanol–water partition coefficient (Wildman–Crippen LogP) is 10.8. The van der Waals surface area contributed by atoms with Gasteiger partial charge in [0.1, 0.15) is 23.0 Å². The predicted molar refractivity (Wildman–Crippen MR) is 196 cm³/mol. The summed E-state index contributed by atoms with van der Waals surface area (Å²) in [5.41, 5.74) is 12.7. The zero-order chi connectivity index (χ0) is 34.8. The standard InChI is InChI=1S/C22H28O2.C21H28O2/c1-14-10-18(11-15(2)20(14)23)22(8-6-5-7-9-22)19-12-16(3)21(24)17(4)13-19;1-13-9-17(10-14(2)19(13)22)7-8-21(5,6)18-11-15(3)20(23)16(4)12-18/h10-13,23-24H,5-9H2,1-4H3;9-12,22-23H,7-8H2,1-6H3. The Kier molecular flexibility index (Phi) is 10.7. The molecular formula is C43H56O4. The summed E-state index contributed by atoms with van der Waals surface area (Å²) in [6, 6.07) is 17.0. The molecule has 1 fully saturated rings. The van der Waals surface area contributed by atoms with Crippen molar-refractivity contribution in [3.8, 4) is 23.0 Å². The van der Waals surface area contributed by atoms with Crippen LogP contribution in [0.3, 0.4) is 0 Å². The van der Waals surface area contributed by atoms with Gasteiger partial charge in [-0.2, -0.15) is 0 Å². The molecule has 0 aliphatic heterocycles. The van der Waals surface area contributed by atoms with Gasteiger partial charge in [0.2, 0.25) is 0 Å². The summed E-state index contributed by atoms with van der Waals surface area (Å²) in [6.07, 6.45) is 7.96. The number of rotatable bonds is 6. The highest BCUT2D eigenvalue weighted by Crippen LogP contribution is 2.47. The third-order valence-corrected chi connectivity index (χ3v) is 10.7. The second-order valence-electron chi connectivity index (χ2n) is 15.0. The Hall–Kier alpha value is -3.92. The number of phenolic OH excluding ortho intramolecular Hbond substituents is 4. The lowest BCUT2D eigenvalue weighted by atomic mass is 9.64. The second kappa shape index (κ2) is 14.1. The van der Waals surface area contributed by atoms with E-state index in [9.17, 15) is 20.4 Å². The molecule has 5 rings (SSSR count). The van der Waals surface area contributed by atoms with Crippen molar-refractivity contribution < 1.29 is 20.4 Å². The van der Waals surface area contributed by atoms with E-state index in [1.54, 1.807) is 0 Å². The molecule has 252 valence electrons. The van der Waals surface area contributed by atoms with Crippen LogP contribution in [0.1, 0.15) is 119 Å². The fraction of sp³-hybridized carbons (Fsp3) is 0.442. The summed E-state index contributed by atoms with van der Waals surface area (Å²) in [5, 5.41) is 40.2. The molecule has 1 aliphatic rings. The van der Waals surface area contributed by atoms with Crippen molar-refractivity contribution in [1.82, 2.24) is 0 Å². The van der Waals surface area contributed by atoms with Gasteiger partial charge in [0.05, 0.1) is 0 Å². The molecule has 0 spiro atoms. The molecule has 4 aromatic carbocycles. The Morgan fingerprint density at radius 3 is 1.17 bits per heavy atom. The smallest absolute Gasteiger partial charge is 0.121 e. The van der Waals surface area contributed by atoms with Gasteiger partial charge in [0.25, 0.3) is 0 Å². The van der Waals surface area contributed by atoms with Crippen LogP contribution in [0.4, 0.5) is 0 Å². The third kappa shape index (κ3) is 7.64. The largest absolute Gasteiger partial charge is 0.507 e. The van der Waals surface area contributed by atoms with Gasteiger partial charge < -0.3 is 20.4 Å². The molecule has 0 aromatic heterocycles. The van der Waals surface area contributed by atoms with Crippen molar-refractivity contribution in [3.63, 3.8) is 0 Å². The summed E-state index contributed by atoms with van der Waals surface area (Å²) in [4.78, 5) is 0. The first kappa shape index (κ1) is 35.9. The Balaban J connectivity index is 0.000000213. The molecule has 0 atom stereocenters. The molecule has 4 aromatic rings. The van der Waals surface area contributed by atoms with Crippen molar-refractivity contribution in [2.24, 2.45) is 0 Å². The molecular weight excluding hydrogens is 580 g/mol. The van der Waals surface area contributed by atoms with E-state index in [1.165, 1.54) is 41.5 Å². The quantitative estimate of drug-likeness (QED) is 0.170. The summed E-state index contributed by atoms with van der Waals surface area (Å²) < 4.78 is 0. The second-order valence-corrected chi connectivity index (χ2v) is 15.0. The molecule has 0 heterocycles. The number of aromatic hydroxyl groups is 4. The van der Waals surface area contributed by atoms with Crippen LogP contribution >= 0.6 is 0 Å². The molecule has 0 radical (unpaired) electrons. The monoisotopic (exact) mass is 636 g/mol. The summed E-state index contributed by atoms with van der Waals surface area (Å²) in [5.74, 6) is 1.61. The van der Waals surface area contributed by atoms with Crippen LogP contribution in [0.5, 0.6) is 23.0 Å². The van der Waals surface area contributed by atoms with E-state index >= 15 is 0 Å². The van der Waals surface area contributed by atoms with E-state index in [0.717, 1.165) is 70.2 Å². The Bertz CT molecular complexity index is 1600. The summed E-state index contributed by atoms with van der Waals surface area (Å²) >= 11 is 0.